The molecule has 0 aromatic carbocycles. The molecule has 8 atom stereocenters. The Morgan fingerprint density at radius 1 is 0.541 bits per heavy atom. The highest BCUT2D eigenvalue weighted by atomic mass is 16.7. The minimum Gasteiger partial charge on any atom is -0.454 e. The van der Waals surface area contributed by atoms with Crippen LogP contribution in [0.15, 0.2) is 72.9 Å². The van der Waals surface area contributed by atoms with Gasteiger partial charge >= 0.3 is 5.97 Å². The highest BCUT2D eigenvalue weighted by Gasteiger charge is 2.47. The normalized spacial score (nSPS) is 19.8. The molecule has 0 aliphatic carbocycles. The second kappa shape index (κ2) is 50.9. The summed E-state index contributed by atoms with van der Waals surface area (Å²) in [6, 6.07) is -1.04. The van der Waals surface area contributed by atoms with Crippen molar-refractivity contribution in [3.63, 3.8) is 0 Å². The Bertz CT molecular complexity index is 1480. The molecule has 1 heterocycles. The second-order valence-electron chi connectivity index (χ2n) is 20.7. The van der Waals surface area contributed by atoms with Gasteiger partial charge in [0.15, 0.2) is 12.4 Å². The maximum atomic E-state index is 13.4. The molecule has 1 rings (SSSR count). The van der Waals surface area contributed by atoms with Crippen LogP contribution in [-0.2, 0) is 23.8 Å². The summed E-state index contributed by atoms with van der Waals surface area (Å²) >= 11 is 0. The summed E-state index contributed by atoms with van der Waals surface area (Å²) in [5.74, 6) is -1.22. The maximum absolute atomic E-state index is 13.4. The highest BCUT2D eigenvalue weighted by molar-refractivity contribution is 5.80. The van der Waals surface area contributed by atoms with Crippen LogP contribution in [0.2, 0.25) is 0 Å². The second-order valence-corrected chi connectivity index (χ2v) is 20.7. The number of aliphatic hydroxyl groups is 5. The van der Waals surface area contributed by atoms with Crippen molar-refractivity contribution in [1.29, 1.82) is 0 Å². The number of carbonyl (C=O) groups is 2. The average molecular weight is 1040 g/mol. The summed E-state index contributed by atoms with van der Waals surface area (Å²) in [4.78, 5) is 26.5. The molecule has 6 N–H and O–H groups in total. The number of nitrogens with one attached hydrogen (secondary N) is 1. The van der Waals surface area contributed by atoms with Crippen LogP contribution in [-0.4, -0.2) is 99.6 Å². The summed E-state index contributed by atoms with van der Waals surface area (Å²) in [6.07, 6.45) is 53.7. The molecule has 0 spiro atoms. The minimum absolute atomic E-state index is 0.114. The number of amides is 1. The van der Waals surface area contributed by atoms with Gasteiger partial charge in [-0.25, -0.2) is 0 Å². The highest BCUT2D eigenvalue weighted by Crippen LogP contribution is 2.26. The lowest BCUT2D eigenvalue weighted by atomic mass is 9.99. The Morgan fingerprint density at radius 3 is 1.49 bits per heavy atom. The number of unbranched alkanes of at least 4 members (excludes halogenated alkanes) is 26. The van der Waals surface area contributed by atoms with Crippen LogP contribution < -0.4 is 5.32 Å². The van der Waals surface area contributed by atoms with Crippen LogP contribution in [0.3, 0.4) is 0 Å². The SMILES string of the molecule is CC/C=C/C/C=C/C/C=C/CCCCCC(O)C(=O)NC(COC1OC(CO)C(O)C(O)C1OC(=O)CCCCCCCCCCC/C=C\C/C=C\CCCCC)C(O)/C=C/CCCCCCCCCCCCC. The lowest BCUT2D eigenvalue weighted by Gasteiger charge is -2.41. The molecule has 1 amide bonds. The lowest BCUT2D eigenvalue weighted by molar-refractivity contribution is -0.305. The van der Waals surface area contributed by atoms with Gasteiger partial charge in [-0.05, 0) is 89.9 Å². The summed E-state index contributed by atoms with van der Waals surface area (Å²) in [7, 11) is 0. The molecule has 1 saturated heterocycles. The molecule has 0 bridgehead atoms. The molecule has 1 fully saturated rings. The number of hydrogen-bond acceptors (Lipinski definition) is 10. The first-order valence-corrected chi connectivity index (χ1v) is 30.2. The maximum Gasteiger partial charge on any atom is 0.306 e. The van der Waals surface area contributed by atoms with Crippen molar-refractivity contribution < 1.29 is 49.3 Å². The van der Waals surface area contributed by atoms with Crippen molar-refractivity contribution in [1.82, 2.24) is 5.32 Å². The third-order valence-corrected chi connectivity index (χ3v) is 13.8. The van der Waals surface area contributed by atoms with E-state index in [0.29, 0.717) is 12.8 Å². The fraction of sp³-hybridized carbons (Fsp3) is 0.778. The van der Waals surface area contributed by atoms with Gasteiger partial charge in [0.2, 0.25) is 5.91 Å². The Balaban J connectivity index is 2.71. The molecule has 0 aromatic heterocycles. The van der Waals surface area contributed by atoms with E-state index in [9.17, 15) is 35.1 Å². The van der Waals surface area contributed by atoms with E-state index < -0.39 is 67.4 Å². The fourth-order valence-corrected chi connectivity index (χ4v) is 9.05. The molecule has 8 unspecified atom stereocenters. The summed E-state index contributed by atoms with van der Waals surface area (Å²) in [5, 5.41) is 56.9. The quantitative estimate of drug-likeness (QED) is 0.0195. The van der Waals surface area contributed by atoms with Crippen molar-refractivity contribution in [3.05, 3.63) is 72.9 Å². The zero-order valence-corrected chi connectivity index (χ0v) is 47.2. The third-order valence-electron chi connectivity index (χ3n) is 13.8. The number of carbonyl (C=O) groups excluding carboxylic acids is 2. The first kappa shape index (κ1) is 69.1. The van der Waals surface area contributed by atoms with Gasteiger partial charge in [-0.3, -0.25) is 9.59 Å². The van der Waals surface area contributed by atoms with Gasteiger partial charge in [0.25, 0.3) is 0 Å². The lowest BCUT2D eigenvalue weighted by Crippen LogP contribution is -2.61. The predicted octanol–water partition coefficient (Wildman–Crippen LogP) is 14.0. The van der Waals surface area contributed by atoms with E-state index in [1.165, 1.54) is 109 Å². The first-order valence-electron chi connectivity index (χ1n) is 30.2. The van der Waals surface area contributed by atoms with E-state index in [2.05, 4.69) is 86.8 Å². The van der Waals surface area contributed by atoms with Crippen molar-refractivity contribution >= 4 is 11.9 Å². The monoisotopic (exact) mass is 1040 g/mol. The minimum atomic E-state index is -1.62. The predicted molar refractivity (Wildman–Crippen MR) is 306 cm³/mol. The topological polar surface area (TPSA) is 175 Å². The number of rotatable bonds is 50. The van der Waals surface area contributed by atoms with E-state index in [1.807, 2.05) is 6.08 Å². The van der Waals surface area contributed by atoms with E-state index in [0.717, 1.165) is 96.3 Å². The Labute approximate surface area is 451 Å². The van der Waals surface area contributed by atoms with Crippen molar-refractivity contribution in [2.24, 2.45) is 0 Å². The molecule has 11 nitrogen and oxygen atoms in total. The van der Waals surface area contributed by atoms with Crippen LogP contribution in [0, 0.1) is 0 Å². The number of allylic oxidation sites excluding steroid dienone is 11. The van der Waals surface area contributed by atoms with Gasteiger partial charge in [0.05, 0.1) is 25.4 Å². The van der Waals surface area contributed by atoms with Crippen LogP contribution in [0.25, 0.3) is 0 Å². The van der Waals surface area contributed by atoms with Crippen molar-refractivity contribution in [2.45, 2.75) is 301 Å². The zero-order valence-electron chi connectivity index (χ0n) is 47.2. The van der Waals surface area contributed by atoms with Gasteiger partial charge in [-0.2, -0.15) is 0 Å². The summed E-state index contributed by atoms with van der Waals surface area (Å²) in [6.45, 7) is 5.63. The molecule has 0 aromatic rings. The average Bonchev–Trinajstić information content (AvgIpc) is 3.40. The van der Waals surface area contributed by atoms with Crippen molar-refractivity contribution in [2.75, 3.05) is 13.2 Å². The van der Waals surface area contributed by atoms with Crippen LogP contribution in [0.5, 0.6) is 0 Å². The zero-order chi connectivity index (χ0) is 54.0. The van der Waals surface area contributed by atoms with Crippen molar-refractivity contribution in [3.8, 4) is 0 Å². The molecular weight excluding hydrogens is 931 g/mol. The molecular formula is C63H111NO10. The number of hydrogen-bond donors (Lipinski definition) is 6. The van der Waals surface area contributed by atoms with Gasteiger partial charge in [0, 0.05) is 6.42 Å². The number of ether oxygens (including phenoxy) is 3. The molecule has 1 aliphatic rings. The number of aliphatic hydroxyl groups excluding tert-OH is 5. The van der Waals surface area contributed by atoms with E-state index >= 15 is 0 Å². The summed E-state index contributed by atoms with van der Waals surface area (Å²) < 4.78 is 17.6. The molecule has 0 radical (unpaired) electrons. The van der Waals surface area contributed by atoms with Gasteiger partial charge in [0.1, 0.15) is 24.4 Å². The number of esters is 1. The first-order chi connectivity index (χ1) is 36.2. The molecule has 11 heteroatoms. The van der Waals surface area contributed by atoms with E-state index in [-0.39, 0.29) is 19.4 Å². The van der Waals surface area contributed by atoms with Gasteiger partial charge < -0.3 is 45.1 Å². The largest absolute Gasteiger partial charge is 0.454 e. The van der Waals surface area contributed by atoms with Crippen LogP contribution in [0.1, 0.15) is 252 Å². The van der Waals surface area contributed by atoms with Crippen LogP contribution in [0.4, 0.5) is 0 Å². The molecule has 1 aliphatic heterocycles. The Morgan fingerprint density at radius 2 is 0.973 bits per heavy atom. The fourth-order valence-electron chi connectivity index (χ4n) is 9.05. The Hall–Kier alpha value is -2.90. The smallest absolute Gasteiger partial charge is 0.306 e. The molecule has 0 saturated carbocycles. The summed E-state index contributed by atoms with van der Waals surface area (Å²) in [5.41, 5.74) is 0. The molecule has 74 heavy (non-hydrogen) atoms. The van der Waals surface area contributed by atoms with Crippen LogP contribution >= 0.6 is 0 Å². The van der Waals surface area contributed by atoms with Gasteiger partial charge in [-0.15, -0.1) is 0 Å². The third kappa shape index (κ3) is 38.6. The molecule has 428 valence electrons. The van der Waals surface area contributed by atoms with E-state index in [4.69, 9.17) is 14.2 Å². The standard InChI is InChI=1S/C63H111NO10/c1-4-7-10-13-16-19-22-25-26-27-28-29-30-33-36-39-42-45-48-51-58(68)74-61-60(70)59(69)57(52-65)73-63(61)72-53-54(55(66)49-46-43-40-37-34-31-23-20-17-14-11-8-5-2)64-62(71)56(67)50-47-44-41-38-35-32-24-21-18-15-12-9-6-3/h9,12,16,18-19,21,25-26,32,35,46,49,54-57,59-61,63,65-67,69-70H,4-8,10-11,13-15,17,20,22-24,27-31,33-34,36-45,47-48,50-53H2,1-3H3,(H,64,71)/b12-9+,19-16-,21-18+,26-25-,35-32+,49-46+. The van der Waals surface area contributed by atoms with Gasteiger partial charge in [-0.1, -0.05) is 229 Å². The van der Waals surface area contributed by atoms with E-state index in [1.54, 1.807) is 6.08 Å². The Kier molecular flexibility index (Phi) is 47.5.